The summed E-state index contributed by atoms with van der Waals surface area (Å²) in [4.78, 5) is 25.0. The van der Waals surface area contributed by atoms with Crippen molar-refractivity contribution in [3.63, 3.8) is 0 Å². The molecule has 0 radical (unpaired) electrons. The average molecular weight is 480 g/mol. The molecule has 2 aromatic rings. The van der Waals surface area contributed by atoms with Crippen LogP contribution in [0.25, 0.3) is 10.8 Å². The minimum atomic E-state index is -2.85. The lowest BCUT2D eigenvalue weighted by Gasteiger charge is -2.30. The van der Waals surface area contributed by atoms with Gasteiger partial charge in [0.2, 0.25) is 5.91 Å². The molecule has 6 nitrogen and oxygen atoms in total. The van der Waals surface area contributed by atoms with Gasteiger partial charge in [-0.05, 0) is 24.1 Å². The van der Waals surface area contributed by atoms with Crippen LogP contribution in [0.5, 0.6) is 0 Å². The number of nitrogens with one attached hydrogen (secondary N) is 2. The summed E-state index contributed by atoms with van der Waals surface area (Å²) in [6.45, 7) is 3.47. The van der Waals surface area contributed by atoms with E-state index in [1.165, 1.54) is 0 Å². The smallest absolute Gasteiger partial charge is 0.275 e. The first-order valence-electron chi connectivity index (χ1n) is 8.74. The summed E-state index contributed by atoms with van der Waals surface area (Å²) in [6.07, 6.45) is -0.420. The van der Waals surface area contributed by atoms with E-state index >= 15 is 0 Å². The molecule has 1 aromatic carbocycles. The molecule has 1 aromatic heterocycles. The zero-order valence-electron chi connectivity index (χ0n) is 15.5. The van der Waals surface area contributed by atoms with Gasteiger partial charge in [0.05, 0.1) is 17.6 Å². The second kappa shape index (κ2) is 8.84. The van der Waals surface area contributed by atoms with Crippen molar-refractivity contribution >= 4 is 45.0 Å². The highest BCUT2D eigenvalue weighted by molar-refractivity contribution is 9.10. The minimum Gasteiger partial charge on any atom is -0.350 e. The fourth-order valence-electron chi connectivity index (χ4n) is 3.26. The Kier molecular flexibility index (Phi) is 7.17. The van der Waals surface area contributed by atoms with Gasteiger partial charge in [0.15, 0.2) is 0 Å². The summed E-state index contributed by atoms with van der Waals surface area (Å²) in [5.41, 5.74) is 0.314. The zero-order valence-corrected chi connectivity index (χ0v) is 17.9. The maximum absolute atomic E-state index is 13.5. The van der Waals surface area contributed by atoms with E-state index in [1.807, 2.05) is 19.9 Å². The van der Waals surface area contributed by atoms with Crippen LogP contribution in [0, 0.1) is 0 Å². The molecule has 1 fully saturated rings. The van der Waals surface area contributed by atoms with Gasteiger partial charge in [0, 0.05) is 28.9 Å². The lowest BCUT2D eigenvalue weighted by atomic mass is 10.0. The van der Waals surface area contributed by atoms with Crippen molar-refractivity contribution in [3.05, 3.63) is 38.7 Å². The number of hydrogen-bond acceptors (Lipinski definition) is 4. The lowest BCUT2D eigenvalue weighted by molar-refractivity contribution is -0.123. The summed E-state index contributed by atoms with van der Waals surface area (Å²) in [5, 5.41) is 10.7. The normalized spacial score (nSPS) is 18.7. The third kappa shape index (κ3) is 5.07. The van der Waals surface area contributed by atoms with Crippen LogP contribution < -0.4 is 16.2 Å². The molecule has 1 saturated heterocycles. The Morgan fingerprint density at radius 2 is 2.14 bits per heavy atom. The van der Waals surface area contributed by atoms with Crippen LogP contribution in [0.2, 0.25) is 0 Å². The Bertz CT molecular complexity index is 936. The van der Waals surface area contributed by atoms with Gasteiger partial charge >= 0.3 is 0 Å². The van der Waals surface area contributed by atoms with Gasteiger partial charge in [-0.2, -0.15) is 5.10 Å². The van der Waals surface area contributed by atoms with Crippen LogP contribution in [-0.4, -0.2) is 40.7 Å². The van der Waals surface area contributed by atoms with E-state index in [2.05, 4.69) is 31.7 Å². The molecule has 1 aliphatic rings. The number of nitrogens with zero attached hydrogens (tertiary/aromatic N) is 2. The Morgan fingerprint density at radius 3 is 2.79 bits per heavy atom. The van der Waals surface area contributed by atoms with E-state index in [9.17, 15) is 18.4 Å². The molecule has 1 unspecified atom stereocenters. The van der Waals surface area contributed by atoms with Crippen molar-refractivity contribution in [2.45, 2.75) is 44.7 Å². The molecule has 0 aliphatic carbocycles. The van der Waals surface area contributed by atoms with Gasteiger partial charge in [-0.25, -0.2) is 13.5 Å². The first kappa shape index (κ1) is 22.7. The number of piperidine rings is 1. The number of amides is 1. The number of carbonyl (C=O) groups is 1. The van der Waals surface area contributed by atoms with Crippen LogP contribution in [0.1, 0.15) is 31.9 Å². The van der Waals surface area contributed by atoms with Crippen molar-refractivity contribution in [1.82, 2.24) is 20.4 Å². The van der Waals surface area contributed by atoms with Crippen LogP contribution in [0.4, 0.5) is 8.78 Å². The van der Waals surface area contributed by atoms with Crippen LogP contribution in [0.15, 0.2) is 27.5 Å². The summed E-state index contributed by atoms with van der Waals surface area (Å²) in [7, 11) is 0. The molecule has 0 spiro atoms. The van der Waals surface area contributed by atoms with E-state index in [0.29, 0.717) is 11.1 Å². The average Bonchev–Trinajstić information content (AvgIpc) is 2.56. The topological polar surface area (TPSA) is 76.0 Å². The highest BCUT2D eigenvalue weighted by atomic mass is 79.9. The Balaban J connectivity index is 0.00000280. The number of alkyl halides is 2. The molecule has 2 N–H and O–H groups in total. The third-order valence-electron chi connectivity index (χ3n) is 4.48. The Hall–Kier alpha value is -1.58. The van der Waals surface area contributed by atoms with E-state index in [-0.39, 0.29) is 37.0 Å². The highest BCUT2D eigenvalue weighted by Crippen LogP contribution is 2.24. The van der Waals surface area contributed by atoms with Crippen LogP contribution >= 0.6 is 28.3 Å². The third-order valence-corrected chi connectivity index (χ3v) is 4.97. The van der Waals surface area contributed by atoms with Gasteiger partial charge < -0.3 is 10.6 Å². The second-order valence-corrected chi connectivity index (χ2v) is 8.06. The SMILES string of the molecule is CC(C)c1nn(CC(=O)NC2CNCC(F)(F)C2)c(=O)c2ccc(Br)cc12.Cl. The van der Waals surface area contributed by atoms with Crippen molar-refractivity contribution in [1.29, 1.82) is 0 Å². The van der Waals surface area contributed by atoms with Gasteiger partial charge in [0.1, 0.15) is 6.54 Å². The summed E-state index contributed by atoms with van der Waals surface area (Å²) in [6, 6.07) is 4.60. The summed E-state index contributed by atoms with van der Waals surface area (Å²) in [5.74, 6) is -3.33. The molecule has 28 heavy (non-hydrogen) atoms. The fraction of sp³-hybridized carbons (Fsp3) is 0.500. The minimum absolute atomic E-state index is 0. The molecule has 0 bridgehead atoms. The summed E-state index contributed by atoms with van der Waals surface area (Å²) < 4.78 is 28.9. The molecule has 10 heteroatoms. The maximum Gasteiger partial charge on any atom is 0.275 e. The van der Waals surface area contributed by atoms with Crippen molar-refractivity contribution in [2.24, 2.45) is 0 Å². The number of halogens is 4. The number of aromatic nitrogens is 2. The van der Waals surface area contributed by atoms with Gasteiger partial charge in [-0.1, -0.05) is 29.8 Å². The van der Waals surface area contributed by atoms with E-state index < -0.39 is 30.8 Å². The Morgan fingerprint density at radius 1 is 1.43 bits per heavy atom. The molecule has 1 amide bonds. The molecule has 154 valence electrons. The molecular formula is C18H22BrClF2N4O2. The predicted molar refractivity (Wildman–Crippen MR) is 109 cm³/mol. The van der Waals surface area contributed by atoms with E-state index in [4.69, 9.17) is 0 Å². The second-order valence-electron chi connectivity index (χ2n) is 7.15. The van der Waals surface area contributed by atoms with E-state index in [1.54, 1.807) is 12.1 Å². The van der Waals surface area contributed by atoms with Crippen molar-refractivity contribution in [2.75, 3.05) is 13.1 Å². The zero-order chi connectivity index (χ0) is 19.8. The summed E-state index contributed by atoms with van der Waals surface area (Å²) >= 11 is 3.40. The highest BCUT2D eigenvalue weighted by Gasteiger charge is 2.36. The monoisotopic (exact) mass is 478 g/mol. The van der Waals surface area contributed by atoms with Crippen LogP contribution in [-0.2, 0) is 11.3 Å². The number of carbonyl (C=O) groups excluding carboxylic acids is 1. The quantitative estimate of drug-likeness (QED) is 0.707. The molecule has 0 saturated carbocycles. The number of hydrogen-bond donors (Lipinski definition) is 2. The largest absolute Gasteiger partial charge is 0.350 e. The van der Waals surface area contributed by atoms with Gasteiger partial charge in [-0.15, -0.1) is 12.4 Å². The molecular weight excluding hydrogens is 458 g/mol. The molecule has 1 atom stereocenters. The number of rotatable bonds is 4. The fourth-order valence-corrected chi connectivity index (χ4v) is 3.62. The first-order chi connectivity index (χ1) is 12.7. The first-order valence-corrected chi connectivity index (χ1v) is 9.54. The Labute approximate surface area is 175 Å². The lowest BCUT2D eigenvalue weighted by Crippen LogP contribution is -2.54. The maximum atomic E-state index is 13.5. The van der Waals surface area contributed by atoms with E-state index in [0.717, 1.165) is 14.5 Å². The standard InChI is InChI=1S/C18H21BrF2N4O2.ClH/c1-10(2)16-14-5-11(19)3-4-13(14)17(27)25(24-16)8-15(26)23-12-6-18(20,21)9-22-7-12;/h3-5,10,12,22H,6-9H2,1-2H3,(H,23,26);1H. The van der Waals surface area contributed by atoms with Crippen molar-refractivity contribution < 1.29 is 13.6 Å². The molecule has 3 rings (SSSR count). The molecule has 1 aliphatic heterocycles. The van der Waals surface area contributed by atoms with Gasteiger partial charge in [-0.3, -0.25) is 9.59 Å². The van der Waals surface area contributed by atoms with Crippen molar-refractivity contribution in [3.8, 4) is 0 Å². The molecule has 2 heterocycles. The van der Waals surface area contributed by atoms with Crippen LogP contribution in [0.3, 0.4) is 0 Å². The number of fused-ring (bicyclic) bond motifs is 1. The predicted octanol–water partition coefficient (Wildman–Crippen LogP) is 2.82. The van der Waals surface area contributed by atoms with Gasteiger partial charge in [0.25, 0.3) is 11.5 Å². The number of benzene rings is 1.